The molecule has 0 spiro atoms. The van der Waals surface area contributed by atoms with Crippen LogP contribution in [0.3, 0.4) is 0 Å². The van der Waals surface area contributed by atoms with Crippen LogP contribution in [-0.2, 0) is 0 Å². The van der Waals surface area contributed by atoms with Gasteiger partial charge in [0.1, 0.15) is 0 Å². The van der Waals surface area contributed by atoms with Gasteiger partial charge in [0.2, 0.25) is 0 Å². The summed E-state index contributed by atoms with van der Waals surface area (Å²) in [4.78, 5) is 21.8. The van der Waals surface area contributed by atoms with Crippen molar-refractivity contribution in [1.29, 1.82) is 0 Å². The number of rotatable bonds is 4. The predicted molar refractivity (Wildman–Crippen MR) is 83.2 cm³/mol. The average molecular weight is 396 g/mol. The van der Waals surface area contributed by atoms with Gasteiger partial charge in [0.05, 0.1) is 0 Å². The quantitative estimate of drug-likeness (QED) is 0.670. The fourth-order valence-corrected chi connectivity index (χ4v) is 13.4. The zero-order valence-corrected chi connectivity index (χ0v) is 15.3. The Kier molecular flexibility index (Phi) is 5.05. The van der Waals surface area contributed by atoms with Crippen molar-refractivity contribution in [2.75, 3.05) is 0 Å². The molecule has 0 bridgehead atoms. The first-order chi connectivity index (χ1) is 9.56. The van der Waals surface area contributed by atoms with Gasteiger partial charge in [-0.3, -0.25) is 0 Å². The molecule has 20 heavy (non-hydrogen) atoms. The Balaban J connectivity index is 2.25. The van der Waals surface area contributed by atoms with Gasteiger partial charge in [-0.25, -0.2) is 0 Å². The first-order valence-corrected chi connectivity index (χ1v) is 17.0. The van der Waals surface area contributed by atoms with Crippen molar-refractivity contribution in [3.8, 4) is 0 Å². The van der Waals surface area contributed by atoms with E-state index in [1.54, 1.807) is 36.4 Å². The number of aromatic carboxylic acids is 2. The van der Waals surface area contributed by atoms with Gasteiger partial charge >= 0.3 is 126 Å². The van der Waals surface area contributed by atoms with Crippen LogP contribution in [0.2, 0.25) is 0 Å². The summed E-state index contributed by atoms with van der Waals surface area (Å²) in [6, 6.07) is 14.2. The Morgan fingerprint density at radius 1 is 0.750 bits per heavy atom. The van der Waals surface area contributed by atoms with E-state index in [2.05, 4.69) is 0 Å². The molecular formula is C14H14As2O4. The average Bonchev–Trinajstić information content (AvgIpc) is 2.45. The molecule has 0 aliphatic rings. The zero-order valence-electron chi connectivity index (χ0n) is 10.5. The second kappa shape index (κ2) is 6.78. The molecule has 2 unspecified atom stereocenters. The molecule has 0 heterocycles. The molecule has 0 aromatic heterocycles. The zero-order chi connectivity index (χ0) is 14.5. The van der Waals surface area contributed by atoms with Crippen molar-refractivity contribution in [2.45, 2.75) is 0 Å². The molecule has 0 radical (unpaired) electrons. The second-order valence-electron chi connectivity index (χ2n) is 4.19. The fraction of sp³-hybridized carbons (Fsp3) is 0. The van der Waals surface area contributed by atoms with Crippen molar-refractivity contribution < 1.29 is 19.8 Å². The molecule has 0 saturated heterocycles. The van der Waals surface area contributed by atoms with E-state index in [-0.39, 0.29) is 0 Å². The molecule has 0 fully saturated rings. The van der Waals surface area contributed by atoms with Crippen LogP contribution in [0, 0.1) is 0 Å². The molecule has 2 rings (SSSR count). The van der Waals surface area contributed by atoms with E-state index >= 15 is 0 Å². The monoisotopic (exact) mass is 396 g/mol. The Morgan fingerprint density at radius 2 is 1.15 bits per heavy atom. The minimum absolute atomic E-state index is 0.330. The van der Waals surface area contributed by atoms with Crippen molar-refractivity contribution >= 4 is 46.9 Å². The molecule has 6 heteroatoms. The standard InChI is InChI=1S/C14H14As2O4/c17-13(18)9-3-1-5-11(7-9)15-16-12-6-2-4-10(8-12)14(19)20/h1-8H,15-16H2,(H,17,18)(H,19,20). The van der Waals surface area contributed by atoms with E-state index in [1.165, 1.54) is 0 Å². The number of carboxylic acids is 2. The van der Waals surface area contributed by atoms with E-state index in [1.807, 2.05) is 12.1 Å². The van der Waals surface area contributed by atoms with Gasteiger partial charge < -0.3 is 0 Å². The predicted octanol–water partition coefficient (Wildman–Crippen LogP) is -0.714. The van der Waals surface area contributed by atoms with Gasteiger partial charge in [-0.05, 0) is 0 Å². The maximum absolute atomic E-state index is 10.9. The Labute approximate surface area is 126 Å². The fourth-order valence-electron chi connectivity index (χ4n) is 1.74. The van der Waals surface area contributed by atoms with Gasteiger partial charge in [-0.15, -0.1) is 0 Å². The SMILES string of the molecule is O=C(O)c1cccc([AsH2]=[AsH2]c2cccc(C(=O)O)c2)c1. The molecule has 0 aliphatic carbocycles. The number of carbonyl (C=O) groups is 2. The molecule has 0 amide bonds. The van der Waals surface area contributed by atoms with E-state index in [0.29, 0.717) is 11.1 Å². The molecule has 2 aromatic carbocycles. The van der Waals surface area contributed by atoms with Gasteiger partial charge in [-0.2, -0.15) is 0 Å². The number of hydrogen-bond acceptors (Lipinski definition) is 2. The third kappa shape index (κ3) is 3.99. The van der Waals surface area contributed by atoms with E-state index in [0.717, 1.165) is 8.70 Å². The number of benzene rings is 2. The topological polar surface area (TPSA) is 74.6 Å². The van der Waals surface area contributed by atoms with Crippen LogP contribution >= 0.6 is 0 Å². The summed E-state index contributed by atoms with van der Waals surface area (Å²) >= 11 is -1.34. The molecular weight excluding hydrogens is 382 g/mol. The maximum atomic E-state index is 10.9. The van der Waals surface area contributed by atoms with Gasteiger partial charge in [0.15, 0.2) is 0 Å². The van der Waals surface area contributed by atoms with Crippen LogP contribution in [0.5, 0.6) is 0 Å². The normalized spacial score (nSPS) is 11.4. The third-order valence-electron chi connectivity index (χ3n) is 2.74. The Bertz CT molecular complexity index is 636. The minimum atomic E-state index is -0.902. The Hall–Kier alpha value is -1.50. The van der Waals surface area contributed by atoms with Crippen molar-refractivity contribution in [3.05, 3.63) is 59.7 Å². The molecule has 0 aliphatic heterocycles. The van der Waals surface area contributed by atoms with E-state index in [4.69, 9.17) is 10.2 Å². The van der Waals surface area contributed by atoms with Crippen LogP contribution in [0.1, 0.15) is 20.7 Å². The van der Waals surface area contributed by atoms with Gasteiger partial charge in [0, 0.05) is 0 Å². The third-order valence-corrected chi connectivity index (χ3v) is 16.4. The first kappa shape index (κ1) is 14.9. The molecule has 0 saturated carbocycles. The van der Waals surface area contributed by atoms with E-state index < -0.39 is 38.2 Å². The summed E-state index contributed by atoms with van der Waals surface area (Å²) in [7, 11) is 0. The van der Waals surface area contributed by atoms with Gasteiger partial charge in [0.25, 0.3) is 0 Å². The molecule has 4 nitrogen and oxygen atoms in total. The summed E-state index contributed by atoms with van der Waals surface area (Å²) in [6.07, 6.45) is 0. The van der Waals surface area contributed by atoms with Crippen LogP contribution in [0.4, 0.5) is 0 Å². The summed E-state index contributed by atoms with van der Waals surface area (Å²) in [5.74, 6) is -1.80. The van der Waals surface area contributed by atoms with Crippen molar-refractivity contribution in [3.63, 3.8) is 0 Å². The first-order valence-electron chi connectivity index (χ1n) is 5.91. The van der Waals surface area contributed by atoms with Crippen molar-refractivity contribution in [1.82, 2.24) is 0 Å². The molecule has 2 atom stereocenters. The van der Waals surface area contributed by atoms with Gasteiger partial charge in [-0.1, -0.05) is 0 Å². The summed E-state index contributed by atoms with van der Waals surface area (Å²) in [5, 5.41) is 17.9. The number of hydrogen-bond donors (Lipinski definition) is 2. The molecule has 2 aromatic rings. The van der Waals surface area contributed by atoms with Crippen molar-refractivity contribution in [2.24, 2.45) is 0 Å². The summed E-state index contributed by atoms with van der Waals surface area (Å²) < 4.78 is 2.30. The second-order valence-corrected chi connectivity index (χ2v) is 15.7. The Morgan fingerprint density at radius 3 is 1.50 bits per heavy atom. The van der Waals surface area contributed by atoms with Crippen LogP contribution < -0.4 is 8.70 Å². The van der Waals surface area contributed by atoms with E-state index in [9.17, 15) is 9.59 Å². The number of carboxylic acid groups (broad SMARTS) is 2. The van der Waals surface area contributed by atoms with Crippen LogP contribution in [0.15, 0.2) is 48.5 Å². The summed E-state index contributed by atoms with van der Waals surface area (Å²) in [6.45, 7) is 0. The molecule has 2 N–H and O–H groups in total. The van der Waals surface area contributed by atoms with Crippen LogP contribution in [0.25, 0.3) is 0 Å². The summed E-state index contributed by atoms with van der Waals surface area (Å²) in [5.41, 5.74) is 0.659. The van der Waals surface area contributed by atoms with Crippen LogP contribution in [-0.4, -0.2) is 48.4 Å². The molecule has 104 valence electrons.